The third kappa shape index (κ3) is 6.32. The van der Waals surface area contributed by atoms with E-state index >= 15 is 0 Å². The molecule has 0 saturated heterocycles. The average molecular weight is 376 g/mol. The minimum atomic E-state index is -0.445. The van der Waals surface area contributed by atoms with Crippen molar-refractivity contribution in [2.24, 2.45) is 11.7 Å². The van der Waals surface area contributed by atoms with Crippen molar-refractivity contribution in [3.63, 3.8) is 0 Å². The molecule has 27 heavy (non-hydrogen) atoms. The Kier molecular flexibility index (Phi) is 8.30. The Morgan fingerprint density at radius 3 is 2.78 bits per heavy atom. The van der Waals surface area contributed by atoms with E-state index in [0.29, 0.717) is 12.3 Å². The Balaban J connectivity index is 1.90. The van der Waals surface area contributed by atoms with Crippen molar-refractivity contribution in [1.29, 1.82) is 0 Å². The molecule has 0 aliphatic heterocycles. The minimum Gasteiger partial charge on any atom is -0.462 e. The van der Waals surface area contributed by atoms with Crippen molar-refractivity contribution < 1.29 is 14.6 Å². The molecule has 2 rings (SSSR count). The zero-order valence-corrected chi connectivity index (χ0v) is 17.1. The fourth-order valence-corrected chi connectivity index (χ4v) is 4.25. The molecule has 0 aromatic carbocycles. The molecule has 3 atom stereocenters. The third-order valence-corrected chi connectivity index (χ3v) is 6.07. The van der Waals surface area contributed by atoms with Crippen LogP contribution in [0, 0.1) is 5.92 Å². The summed E-state index contributed by atoms with van der Waals surface area (Å²) in [4.78, 5) is 12.0. The van der Waals surface area contributed by atoms with Gasteiger partial charge in [0.2, 0.25) is 0 Å². The molecule has 0 spiro atoms. The molecule has 0 aromatic heterocycles. The summed E-state index contributed by atoms with van der Waals surface area (Å²) in [5.41, 5.74) is 9.44. The van der Waals surface area contributed by atoms with Crippen molar-refractivity contribution in [3.8, 4) is 0 Å². The van der Waals surface area contributed by atoms with E-state index in [9.17, 15) is 9.90 Å². The molecule has 0 aromatic rings. The summed E-state index contributed by atoms with van der Waals surface area (Å²) in [5.74, 6) is 0.289. The number of aliphatic hydroxyl groups is 1. The summed E-state index contributed by atoms with van der Waals surface area (Å²) in [6, 6.07) is 0. The smallest absolute Gasteiger partial charge is 0.306 e. The largest absolute Gasteiger partial charge is 0.462 e. The molecule has 0 heterocycles. The highest BCUT2D eigenvalue weighted by molar-refractivity contribution is 5.69. The van der Waals surface area contributed by atoms with Gasteiger partial charge in [-0.1, -0.05) is 44.1 Å². The fourth-order valence-electron chi connectivity index (χ4n) is 4.25. The summed E-state index contributed by atoms with van der Waals surface area (Å²) in [5, 5.41) is 9.47. The van der Waals surface area contributed by atoms with Gasteiger partial charge in [-0.3, -0.25) is 4.79 Å². The van der Waals surface area contributed by atoms with E-state index in [1.54, 1.807) is 0 Å². The number of hydrogen-bond acceptors (Lipinski definition) is 4. The van der Waals surface area contributed by atoms with E-state index in [-0.39, 0.29) is 18.7 Å². The Hall–Kier alpha value is -1.39. The third-order valence-electron chi connectivity index (χ3n) is 6.07. The number of ether oxygens (including phenoxy) is 1. The number of rotatable bonds is 8. The topological polar surface area (TPSA) is 72.5 Å². The van der Waals surface area contributed by atoms with Crippen LogP contribution in [0.4, 0.5) is 0 Å². The number of allylic oxidation sites excluding steroid dienone is 4. The molecule has 2 saturated carbocycles. The number of carbonyl (C=O) groups excluding carboxylic acids is 1. The first-order valence-corrected chi connectivity index (χ1v) is 10.5. The predicted octanol–water partition coefficient (Wildman–Crippen LogP) is 4.58. The van der Waals surface area contributed by atoms with Crippen LogP contribution in [-0.4, -0.2) is 29.3 Å². The van der Waals surface area contributed by atoms with Crippen LogP contribution in [0.5, 0.6) is 0 Å². The molecule has 2 aliphatic carbocycles. The summed E-state index contributed by atoms with van der Waals surface area (Å²) >= 11 is 0. The number of hydrogen-bond donors (Lipinski definition) is 2. The fraction of sp³-hybridized carbons (Fsp3) is 0.696. The maximum Gasteiger partial charge on any atom is 0.306 e. The van der Waals surface area contributed by atoms with Crippen molar-refractivity contribution in [3.05, 3.63) is 35.5 Å². The highest BCUT2D eigenvalue weighted by atomic mass is 16.5. The van der Waals surface area contributed by atoms with Crippen molar-refractivity contribution in [1.82, 2.24) is 0 Å². The van der Waals surface area contributed by atoms with E-state index < -0.39 is 5.54 Å². The number of nitrogens with two attached hydrogens (primary N) is 1. The molecule has 0 amide bonds. The molecule has 3 N–H and O–H groups in total. The summed E-state index contributed by atoms with van der Waals surface area (Å²) in [6.07, 6.45) is 13.2. The van der Waals surface area contributed by atoms with E-state index in [4.69, 9.17) is 10.5 Å². The van der Waals surface area contributed by atoms with Gasteiger partial charge in [0.25, 0.3) is 0 Å². The molecule has 2 aliphatic rings. The van der Waals surface area contributed by atoms with E-state index in [2.05, 4.69) is 25.7 Å². The second-order valence-electron chi connectivity index (χ2n) is 8.33. The molecular formula is C23H37NO3. The molecule has 2 fully saturated rings. The SMILES string of the molecule is C=C(/C=C1/CCC(OC(=O)CCCCC)C/C1=C/C)[C@H]1CC[C@](N)(CO)C1. The Bertz CT molecular complexity index is 592. The van der Waals surface area contributed by atoms with Crippen LogP contribution in [0.2, 0.25) is 0 Å². The van der Waals surface area contributed by atoms with Gasteiger partial charge in [-0.05, 0) is 62.5 Å². The predicted molar refractivity (Wildman–Crippen MR) is 110 cm³/mol. The molecular weight excluding hydrogens is 338 g/mol. The Labute approximate surface area is 164 Å². The lowest BCUT2D eigenvalue weighted by atomic mass is 9.84. The molecule has 1 unspecified atom stereocenters. The first kappa shape index (κ1) is 21.9. The van der Waals surface area contributed by atoms with E-state index in [1.807, 2.05) is 6.92 Å². The lowest BCUT2D eigenvalue weighted by Crippen LogP contribution is -2.40. The van der Waals surface area contributed by atoms with Crippen LogP contribution < -0.4 is 5.73 Å². The monoisotopic (exact) mass is 375 g/mol. The molecule has 152 valence electrons. The van der Waals surface area contributed by atoms with Crippen LogP contribution in [0.15, 0.2) is 35.5 Å². The molecule has 0 radical (unpaired) electrons. The van der Waals surface area contributed by atoms with Gasteiger partial charge >= 0.3 is 5.97 Å². The summed E-state index contributed by atoms with van der Waals surface area (Å²) in [6.45, 7) is 8.50. The first-order valence-electron chi connectivity index (χ1n) is 10.5. The van der Waals surface area contributed by atoms with Crippen LogP contribution in [-0.2, 0) is 9.53 Å². The number of aliphatic hydroxyl groups excluding tert-OH is 1. The van der Waals surface area contributed by atoms with Crippen molar-refractivity contribution in [2.75, 3.05) is 6.61 Å². The van der Waals surface area contributed by atoms with Gasteiger partial charge in [-0.25, -0.2) is 0 Å². The van der Waals surface area contributed by atoms with Gasteiger partial charge in [0.15, 0.2) is 0 Å². The molecule has 4 heteroatoms. The molecule has 0 bridgehead atoms. The second-order valence-corrected chi connectivity index (χ2v) is 8.33. The quantitative estimate of drug-likeness (QED) is 0.481. The number of carbonyl (C=O) groups is 1. The van der Waals surface area contributed by atoms with Gasteiger partial charge in [0.05, 0.1) is 6.61 Å². The first-order chi connectivity index (χ1) is 12.9. The van der Waals surface area contributed by atoms with Gasteiger partial charge < -0.3 is 15.6 Å². The van der Waals surface area contributed by atoms with Crippen LogP contribution in [0.3, 0.4) is 0 Å². The van der Waals surface area contributed by atoms with Crippen LogP contribution in [0.25, 0.3) is 0 Å². The van der Waals surface area contributed by atoms with Crippen molar-refractivity contribution >= 4 is 5.97 Å². The Morgan fingerprint density at radius 1 is 1.37 bits per heavy atom. The maximum atomic E-state index is 12.0. The lowest BCUT2D eigenvalue weighted by Gasteiger charge is -2.27. The average Bonchev–Trinajstić information content (AvgIpc) is 3.06. The van der Waals surface area contributed by atoms with Gasteiger partial charge in [0, 0.05) is 18.4 Å². The van der Waals surface area contributed by atoms with Gasteiger partial charge in [-0.15, -0.1) is 0 Å². The molecule has 4 nitrogen and oxygen atoms in total. The highest BCUT2D eigenvalue weighted by Gasteiger charge is 2.36. The summed E-state index contributed by atoms with van der Waals surface area (Å²) in [7, 11) is 0. The minimum absolute atomic E-state index is 0.00620. The van der Waals surface area contributed by atoms with Crippen LogP contribution >= 0.6 is 0 Å². The van der Waals surface area contributed by atoms with E-state index in [1.165, 1.54) is 11.1 Å². The standard InChI is InChI=1S/C23H37NO3/c1-4-6-7-8-22(26)27-21-10-9-19(18(5-2)14-21)13-17(3)20-11-12-23(24,15-20)16-25/h5,13,20-21,25H,3-4,6-12,14-16,24H2,1-2H3/b18-5-,19-13-/t20-,21?,23+/m0/s1. The number of unbranched alkanes of at least 4 members (excludes halogenated alkanes) is 2. The zero-order chi connectivity index (χ0) is 19.9. The van der Waals surface area contributed by atoms with Crippen molar-refractivity contribution in [2.45, 2.75) is 89.7 Å². The van der Waals surface area contributed by atoms with Crippen LogP contribution in [0.1, 0.15) is 78.1 Å². The lowest BCUT2D eigenvalue weighted by molar-refractivity contribution is -0.149. The second kappa shape index (κ2) is 10.2. The zero-order valence-electron chi connectivity index (χ0n) is 17.1. The van der Waals surface area contributed by atoms with Gasteiger partial charge in [0.1, 0.15) is 6.10 Å². The van der Waals surface area contributed by atoms with E-state index in [0.717, 1.165) is 63.4 Å². The number of esters is 1. The normalized spacial score (nSPS) is 31.4. The highest BCUT2D eigenvalue weighted by Crippen LogP contribution is 2.39. The summed E-state index contributed by atoms with van der Waals surface area (Å²) < 4.78 is 5.69. The Morgan fingerprint density at radius 2 is 2.15 bits per heavy atom. The van der Waals surface area contributed by atoms with Gasteiger partial charge in [-0.2, -0.15) is 0 Å². The maximum absolute atomic E-state index is 12.0.